The first-order chi connectivity index (χ1) is 10.5. The predicted molar refractivity (Wildman–Crippen MR) is 80.5 cm³/mol. The van der Waals surface area contributed by atoms with Gasteiger partial charge in [0.2, 0.25) is 0 Å². The molecular formula is C15H23N5O2. The smallest absolute Gasteiger partial charge is 0.147 e. The Morgan fingerprint density at radius 3 is 2.68 bits per heavy atom. The van der Waals surface area contributed by atoms with Crippen molar-refractivity contribution in [3.63, 3.8) is 0 Å². The fraction of sp³-hybridized carbons (Fsp3) is 0.667. The number of nitrogens with zero attached hydrogens (tertiary/aromatic N) is 5. The lowest BCUT2D eigenvalue weighted by Gasteiger charge is -2.32. The van der Waals surface area contributed by atoms with E-state index in [1.54, 1.807) is 0 Å². The minimum atomic E-state index is 0.133. The molecule has 0 spiro atoms. The molecule has 7 nitrogen and oxygen atoms in total. The maximum atomic E-state index is 5.89. The van der Waals surface area contributed by atoms with Crippen LogP contribution < -0.4 is 0 Å². The number of aromatic nitrogens is 4. The molecular weight excluding hydrogens is 282 g/mol. The molecule has 0 bridgehead atoms. The van der Waals surface area contributed by atoms with Gasteiger partial charge in [-0.25, -0.2) is 9.67 Å². The van der Waals surface area contributed by atoms with Crippen molar-refractivity contribution in [1.82, 2.24) is 24.8 Å². The number of ether oxygens (including phenoxy) is 1. The van der Waals surface area contributed by atoms with Crippen molar-refractivity contribution in [3.05, 3.63) is 28.7 Å². The molecule has 0 N–H and O–H groups in total. The third kappa shape index (κ3) is 3.20. The summed E-state index contributed by atoms with van der Waals surface area (Å²) in [4.78, 5) is 6.73. The third-order valence-corrected chi connectivity index (χ3v) is 4.12. The number of morpholine rings is 1. The Hall–Kier alpha value is -1.73. The van der Waals surface area contributed by atoms with Crippen LogP contribution in [0, 0.1) is 27.7 Å². The van der Waals surface area contributed by atoms with Gasteiger partial charge in [0.15, 0.2) is 0 Å². The normalized spacial score (nSPS) is 19.7. The van der Waals surface area contributed by atoms with Crippen LogP contribution in [-0.2, 0) is 17.8 Å². The maximum absolute atomic E-state index is 5.89. The zero-order chi connectivity index (χ0) is 15.7. The van der Waals surface area contributed by atoms with Crippen LogP contribution in [0.25, 0.3) is 0 Å². The molecule has 0 aromatic carbocycles. The standard InChI is InChI=1S/C15H23N5O2/c1-10-15(11(2)22-18-10)9-19-5-6-21-14(7-19)8-20-13(4)16-12(3)17-20/h14H,5-9H2,1-4H3/t14-/m1/s1. The van der Waals surface area contributed by atoms with Crippen LogP contribution >= 0.6 is 0 Å². The Kier molecular flexibility index (Phi) is 4.26. The molecule has 120 valence electrons. The van der Waals surface area contributed by atoms with Crippen LogP contribution in [0.3, 0.4) is 0 Å². The molecule has 2 aromatic rings. The second-order valence-corrected chi connectivity index (χ2v) is 5.92. The molecule has 0 amide bonds. The van der Waals surface area contributed by atoms with Gasteiger partial charge in [-0.1, -0.05) is 5.16 Å². The van der Waals surface area contributed by atoms with Crippen molar-refractivity contribution in [2.24, 2.45) is 0 Å². The van der Waals surface area contributed by atoms with Crippen molar-refractivity contribution < 1.29 is 9.26 Å². The molecule has 3 rings (SSSR count). The van der Waals surface area contributed by atoms with Crippen molar-refractivity contribution in [1.29, 1.82) is 0 Å². The van der Waals surface area contributed by atoms with Crippen LogP contribution in [0.15, 0.2) is 4.52 Å². The van der Waals surface area contributed by atoms with Crippen LogP contribution in [-0.4, -0.2) is 50.6 Å². The van der Waals surface area contributed by atoms with Gasteiger partial charge in [-0.15, -0.1) is 0 Å². The van der Waals surface area contributed by atoms with E-state index < -0.39 is 0 Å². The minimum absolute atomic E-state index is 0.133. The first-order valence-electron chi connectivity index (χ1n) is 7.66. The molecule has 1 fully saturated rings. The molecule has 22 heavy (non-hydrogen) atoms. The molecule has 0 unspecified atom stereocenters. The Morgan fingerprint density at radius 1 is 1.23 bits per heavy atom. The first-order valence-corrected chi connectivity index (χ1v) is 7.66. The second kappa shape index (κ2) is 6.18. The zero-order valence-electron chi connectivity index (χ0n) is 13.7. The monoisotopic (exact) mass is 305 g/mol. The quantitative estimate of drug-likeness (QED) is 0.850. The summed E-state index contributed by atoms with van der Waals surface area (Å²) in [5.41, 5.74) is 2.16. The highest BCUT2D eigenvalue weighted by atomic mass is 16.5. The van der Waals surface area contributed by atoms with E-state index in [1.807, 2.05) is 32.4 Å². The van der Waals surface area contributed by atoms with Crippen LogP contribution in [0.5, 0.6) is 0 Å². The summed E-state index contributed by atoms with van der Waals surface area (Å²) in [5, 5.41) is 8.44. The lowest BCUT2D eigenvalue weighted by atomic mass is 10.1. The van der Waals surface area contributed by atoms with E-state index in [-0.39, 0.29) is 6.10 Å². The van der Waals surface area contributed by atoms with Crippen molar-refractivity contribution >= 4 is 0 Å². The zero-order valence-corrected chi connectivity index (χ0v) is 13.7. The highest BCUT2D eigenvalue weighted by Crippen LogP contribution is 2.17. The summed E-state index contributed by atoms with van der Waals surface area (Å²) in [7, 11) is 0. The molecule has 1 aliphatic heterocycles. The van der Waals surface area contributed by atoms with Gasteiger partial charge in [0.05, 0.1) is 24.9 Å². The van der Waals surface area contributed by atoms with E-state index in [0.717, 1.165) is 55.9 Å². The second-order valence-electron chi connectivity index (χ2n) is 5.92. The fourth-order valence-corrected chi connectivity index (χ4v) is 2.91. The SMILES string of the molecule is Cc1nc(C)n(C[C@H]2CN(Cc3c(C)noc3C)CCO2)n1. The van der Waals surface area contributed by atoms with Gasteiger partial charge in [-0.2, -0.15) is 5.10 Å². The summed E-state index contributed by atoms with van der Waals surface area (Å²) < 4.78 is 13.1. The van der Waals surface area contributed by atoms with E-state index in [1.165, 1.54) is 5.56 Å². The molecule has 0 aliphatic carbocycles. The molecule has 7 heteroatoms. The van der Waals surface area contributed by atoms with Gasteiger partial charge >= 0.3 is 0 Å². The fourth-order valence-electron chi connectivity index (χ4n) is 2.91. The Bertz CT molecular complexity index is 629. The van der Waals surface area contributed by atoms with Crippen molar-refractivity contribution in [2.45, 2.75) is 46.9 Å². The van der Waals surface area contributed by atoms with Crippen molar-refractivity contribution in [3.8, 4) is 0 Å². The van der Waals surface area contributed by atoms with Gasteiger partial charge < -0.3 is 9.26 Å². The largest absolute Gasteiger partial charge is 0.374 e. The summed E-state index contributed by atoms with van der Waals surface area (Å²) in [6.07, 6.45) is 0.133. The third-order valence-electron chi connectivity index (χ3n) is 4.12. The number of aryl methyl sites for hydroxylation is 4. The van der Waals surface area contributed by atoms with Gasteiger partial charge in [0, 0.05) is 25.2 Å². The first kappa shape index (κ1) is 15.2. The molecule has 0 saturated carbocycles. The highest BCUT2D eigenvalue weighted by Gasteiger charge is 2.23. The molecule has 1 saturated heterocycles. The van der Waals surface area contributed by atoms with Gasteiger partial charge in [-0.3, -0.25) is 4.90 Å². The average Bonchev–Trinajstić information content (AvgIpc) is 2.95. The van der Waals surface area contributed by atoms with Crippen LogP contribution in [0.4, 0.5) is 0 Å². The topological polar surface area (TPSA) is 69.2 Å². The van der Waals surface area contributed by atoms with Crippen LogP contribution in [0.2, 0.25) is 0 Å². The molecule has 2 aromatic heterocycles. The van der Waals surface area contributed by atoms with E-state index in [4.69, 9.17) is 9.26 Å². The summed E-state index contributed by atoms with van der Waals surface area (Å²) in [5.74, 6) is 2.65. The number of rotatable bonds is 4. The van der Waals surface area contributed by atoms with Gasteiger partial charge in [0.25, 0.3) is 0 Å². The van der Waals surface area contributed by atoms with Gasteiger partial charge in [0.1, 0.15) is 17.4 Å². The summed E-state index contributed by atoms with van der Waals surface area (Å²) in [6, 6.07) is 0. The maximum Gasteiger partial charge on any atom is 0.147 e. The highest BCUT2D eigenvalue weighted by molar-refractivity contribution is 5.20. The average molecular weight is 305 g/mol. The lowest BCUT2D eigenvalue weighted by Crippen LogP contribution is -2.44. The Labute approximate surface area is 130 Å². The number of hydrogen-bond acceptors (Lipinski definition) is 6. The van der Waals surface area contributed by atoms with E-state index >= 15 is 0 Å². The number of hydrogen-bond donors (Lipinski definition) is 0. The minimum Gasteiger partial charge on any atom is -0.374 e. The molecule has 1 aliphatic rings. The van der Waals surface area contributed by atoms with E-state index in [0.29, 0.717) is 0 Å². The predicted octanol–water partition coefficient (Wildman–Crippen LogP) is 1.40. The summed E-state index contributed by atoms with van der Waals surface area (Å²) in [6.45, 7) is 12.0. The molecule has 0 radical (unpaired) electrons. The molecule has 3 heterocycles. The van der Waals surface area contributed by atoms with Crippen LogP contribution in [0.1, 0.15) is 28.7 Å². The lowest BCUT2D eigenvalue weighted by molar-refractivity contribution is -0.0406. The van der Waals surface area contributed by atoms with E-state index in [9.17, 15) is 0 Å². The van der Waals surface area contributed by atoms with Crippen molar-refractivity contribution in [2.75, 3.05) is 19.7 Å². The Morgan fingerprint density at radius 2 is 2.05 bits per heavy atom. The molecule has 1 atom stereocenters. The summed E-state index contributed by atoms with van der Waals surface area (Å²) >= 11 is 0. The van der Waals surface area contributed by atoms with E-state index in [2.05, 4.69) is 20.1 Å². The Balaban J connectivity index is 1.63. The van der Waals surface area contributed by atoms with Gasteiger partial charge in [-0.05, 0) is 27.7 Å².